The molecular formula is C17H22N2O2. The minimum Gasteiger partial charge on any atom is -0.487 e. The van der Waals surface area contributed by atoms with Gasteiger partial charge in [0.25, 0.3) is 0 Å². The molecule has 0 spiro atoms. The maximum Gasteiger partial charge on any atom is 0.132 e. The van der Waals surface area contributed by atoms with E-state index in [2.05, 4.69) is 16.0 Å². The van der Waals surface area contributed by atoms with Crippen molar-refractivity contribution < 1.29 is 9.84 Å². The third-order valence-corrected chi connectivity index (χ3v) is 4.11. The van der Waals surface area contributed by atoms with Gasteiger partial charge in [-0.05, 0) is 43.5 Å². The molecule has 1 aliphatic carbocycles. The smallest absolute Gasteiger partial charge is 0.132 e. The van der Waals surface area contributed by atoms with E-state index >= 15 is 0 Å². The second kappa shape index (κ2) is 6.31. The van der Waals surface area contributed by atoms with Crippen LogP contribution in [0.15, 0.2) is 36.5 Å². The first kappa shape index (κ1) is 14.1. The van der Waals surface area contributed by atoms with Crippen molar-refractivity contribution >= 4 is 0 Å². The third kappa shape index (κ3) is 3.45. The molecule has 0 radical (unpaired) electrons. The lowest BCUT2D eigenvalue weighted by atomic mass is 10.1. The molecule has 0 amide bonds. The Hall–Kier alpha value is -1.81. The standard InChI is InChI=1S/C17H22N2O2/c1-13(20)14-6-8-17(9-7-14)21-12-15-10-11-19(18-15)16-4-2-3-5-16/h6-11,13,16,20H,2-5,12H2,1H3. The summed E-state index contributed by atoms with van der Waals surface area (Å²) in [6.45, 7) is 2.24. The molecule has 1 aromatic carbocycles. The quantitative estimate of drug-likeness (QED) is 0.913. The van der Waals surface area contributed by atoms with Crippen LogP contribution in [-0.4, -0.2) is 14.9 Å². The van der Waals surface area contributed by atoms with Crippen LogP contribution in [-0.2, 0) is 6.61 Å². The molecule has 1 atom stereocenters. The van der Waals surface area contributed by atoms with Crippen LogP contribution in [0.3, 0.4) is 0 Å². The van der Waals surface area contributed by atoms with Crippen molar-refractivity contribution in [3.63, 3.8) is 0 Å². The molecule has 0 bridgehead atoms. The molecule has 0 aliphatic heterocycles. The molecule has 2 aromatic rings. The number of aromatic nitrogens is 2. The van der Waals surface area contributed by atoms with Crippen molar-refractivity contribution in [3.8, 4) is 5.75 Å². The lowest BCUT2D eigenvalue weighted by molar-refractivity contribution is 0.199. The molecule has 1 aromatic heterocycles. The van der Waals surface area contributed by atoms with Crippen LogP contribution in [0.2, 0.25) is 0 Å². The molecule has 1 aliphatic rings. The molecule has 1 saturated carbocycles. The summed E-state index contributed by atoms with van der Waals surface area (Å²) in [7, 11) is 0. The predicted octanol–water partition coefficient (Wildman–Crippen LogP) is 3.63. The molecule has 4 heteroatoms. The van der Waals surface area contributed by atoms with Crippen molar-refractivity contribution in [2.45, 2.75) is 51.4 Å². The fourth-order valence-electron chi connectivity index (χ4n) is 2.83. The van der Waals surface area contributed by atoms with Crippen molar-refractivity contribution in [2.75, 3.05) is 0 Å². The lowest BCUT2D eigenvalue weighted by Crippen LogP contribution is -2.06. The first-order valence-electron chi connectivity index (χ1n) is 7.67. The Morgan fingerprint density at radius 1 is 1.24 bits per heavy atom. The fourth-order valence-corrected chi connectivity index (χ4v) is 2.83. The van der Waals surface area contributed by atoms with Crippen LogP contribution < -0.4 is 4.74 Å². The summed E-state index contributed by atoms with van der Waals surface area (Å²) < 4.78 is 7.83. The molecular weight excluding hydrogens is 264 g/mol. The zero-order valence-electron chi connectivity index (χ0n) is 12.4. The second-order valence-corrected chi connectivity index (χ2v) is 5.76. The monoisotopic (exact) mass is 286 g/mol. The van der Waals surface area contributed by atoms with Gasteiger partial charge in [0.1, 0.15) is 12.4 Å². The number of rotatable bonds is 5. The number of aliphatic hydroxyl groups is 1. The predicted molar refractivity (Wildman–Crippen MR) is 81.1 cm³/mol. The highest BCUT2D eigenvalue weighted by atomic mass is 16.5. The Bertz CT molecular complexity index is 569. The van der Waals surface area contributed by atoms with Crippen molar-refractivity contribution in [1.82, 2.24) is 9.78 Å². The van der Waals surface area contributed by atoms with Gasteiger partial charge in [-0.2, -0.15) is 5.10 Å². The molecule has 1 N–H and O–H groups in total. The van der Waals surface area contributed by atoms with Gasteiger partial charge in [-0.3, -0.25) is 4.68 Å². The van der Waals surface area contributed by atoms with Crippen LogP contribution in [0.25, 0.3) is 0 Å². The van der Waals surface area contributed by atoms with E-state index in [0.717, 1.165) is 17.0 Å². The van der Waals surface area contributed by atoms with Crippen molar-refractivity contribution in [1.29, 1.82) is 0 Å². The number of hydrogen-bond acceptors (Lipinski definition) is 3. The summed E-state index contributed by atoms with van der Waals surface area (Å²) >= 11 is 0. The van der Waals surface area contributed by atoms with Crippen LogP contribution >= 0.6 is 0 Å². The molecule has 112 valence electrons. The van der Waals surface area contributed by atoms with Gasteiger partial charge in [0.15, 0.2) is 0 Å². The average Bonchev–Trinajstić information content (AvgIpc) is 3.16. The van der Waals surface area contributed by atoms with E-state index in [4.69, 9.17) is 4.74 Å². The maximum absolute atomic E-state index is 9.48. The van der Waals surface area contributed by atoms with Gasteiger partial charge in [-0.25, -0.2) is 0 Å². The average molecular weight is 286 g/mol. The summed E-state index contributed by atoms with van der Waals surface area (Å²) in [5.74, 6) is 0.801. The normalized spacial score (nSPS) is 17.0. The zero-order valence-corrected chi connectivity index (χ0v) is 12.4. The highest BCUT2D eigenvalue weighted by molar-refractivity contribution is 5.28. The number of aliphatic hydroxyl groups excluding tert-OH is 1. The number of ether oxygens (including phenoxy) is 1. The highest BCUT2D eigenvalue weighted by Crippen LogP contribution is 2.28. The van der Waals surface area contributed by atoms with E-state index in [1.165, 1.54) is 25.7 Å². The van der Waals surface area contributed by atoms with Gasteiger partial charge in [0, 0.05) is 6.20 Å². The summed E-state index contributed by atoms with van der Waals surface area (Å²) in [5.41, 5.74) is 1.86. The fraction of sp³-hybridized carbons (Fsp3) is 0.471. The minimum atomic E-state index is -0.443. The van der Waals surface area contributed by atoms with E-state index in [1.807, 2.05) is 30.3 Å². The number of benzene rings is 1. The second-order valence-electron chi connectivity index (χ2n) is 5.76. The van der Waals surface area contributed by atoms with Crippen LogP contribution in [0.4, 0.5) is 0 Å². The lowest BCUT2D eigenvalue weighted by Gasteiger charge is -2.09. The van der Waals surface area contributed by atoms with E-state index in [1.54, 1.807) is 6.92 Å². The first-order chi connectivity index (χ1) is 10.2. The first-order valence-corrected chi connectivity index (χ1v) is 7.67. The SMILES string of the molecule is CC(O)c1ccc(OCc2ccn(C3CCCC3)n2)cc1. The van der Waals surface area contributed by atoms with E-state index in [9.17, 15) is 5.11 Å². The van der Waals surface area contributed by atoms with Gasteiger partial charge in [-0.15, -0.1) is 0 Å². The Morgan fingerprint density at radius 2 is 1.95 bits per heavy atom. The summed E-state index contributed by atoms with van der Waals surface area (Å²) in [5, 5.41) is 14.1. The van der Waals surface area contributed by atoms with Gasteiger partial charge in [0.2, 0.25) is 0 Å². The van der Waals surface area contributed by atoms with E-state index in [-0.39, 0.29) is 0 Å². The Morgan fingerprint density at radius 3 is 2.62 bits per heavy atom. The maximum atomic E-state index is 9.48. The van der Waals surface area contributed by atoms with Crippen LogP contribution in [0.5, 0.6) is 5.75 Å². The molecule has 3 rings (SSSR count). The molecule has 4 nitrogen and oxygen atoms in total. The highest BCUT2D eigenvalue weighted by Gasteiger charge is 2.17. The number of nitrogens with zero attached hydrogens (tertiary/aromatic N) is 2. The van der Waals surface area contributed by atoms with Crippen molar-refractivity contribution in [3.05, 3.63) is 47.8 Å². The molecule has 1 unspecified atom stereocenters. The summed E-state index contributed by atoms with van der Waals surface area (Å²) in [6.07, 6.45) is 6.72. The molecule has 21 heavy (non-hydrogen) atoms. The van der Waals surface area contributed by atoms with Crippen LogP contribution in [0, 0.1) is 0 Å². The zero-order chi connectivity index (χ0) is 14.7. The Kier molecular flexibility index (Phi) is 4.25. The molecule has 1 fully saturated rings. The third-order valence-electron chi connectivity index (χ3n) is 4.11. The molecule has 1 heterocycles. The Balaban J connectivity index is 1.57. The van der Waals surface area contributed by atoms with Gasteiger partial charge >= 0.3 is 0 Å². The molecule has 0 saturated heterocycles. The topological polar surface area (TPSA) is 47.3 Å². The van der Waals surface area contributed by atoms with Gasteiger partial charge in [-0.1, -0.05) is 25.0 Å². The number of hydrogen-bond donors (Lipinski definition) is 1. The largest absolute Gasteiger partial charge is 0.487 e. The van der Waals surface area contributed by atoms with Gasteiger partial charge in [0.05, 0.1) is 17.8 Å². The minimum absolute atomic E-state index is 0.443. The van der Waals surface area contributed by atoms with E-state index < -0.39 is 6.10 Å². The van der Waals surface area contributed by atoms with Crippen LogP contribution in [0.1, 0.15) is 56.0 Å². The van der Waals surface area contributed by atoms with Gasteiger partial charge < -0.3 is 9.84 Å². The van der Waals surface area contributed by atoms with E-state index in [0.29, 0.717) is 12.6 Å². The Labute approximate surface area is 125 Å². The van der Waals surface area contributed by atoms with Crippen molar-refractivity contribution in [2.24, 2.45) is 0 Å². The summed E-state index contributed by atoms with van der Waals surface area (Å²) in [4.78, 5) is 0. The summed E-state index contributed by atoms with van der Waals surface area (Å²) in [6, 6.07) is 10.1.